The molecule has 0 radical (unpaired) electrons. The van der Waals surface area contributed by atoms with Gasteiger partial charge in [-0.15, -0.1) is 0 Å². The highest BCUT2D eigenvalue weighted by atomic mass is 19.1. The lowest BCUT2D eigenvalue weighted by Crippen LogP contribution is -2.16. The van der Waals surface area contributed by atoms with Crippen LogP contribution in [0.15, 0.2) is 18.2 Å². The van der Waals surface area contributed by atoms with Gasteiger partial charge in [-0.1, -0.05) is 0 Å². The van der Waals surface area contributed by atoms with E-state index in [-0.39, 0.29) is 18.1 Å². The molecular weight excluding hydrogens is 245 g/mol. The number of halogens is 1. The van der Waals surface area contributed by atoms with Crippen molar-refractivity contribution in [1.82, 2.24) is 10.2 Å². The van der Waals surface area contributed by atoms with Crippen molar-refractivity contribution < 1.29 is 9.18 Å². The highest BCUT2D eigenvalue weighted by molar-refractivity contribution is 5.93. The summed E-state index contributed by atoms with van der Waals surface area (Å²) in [6, 6.07) is 4.29. The standard InChI is InChI=1S/C14H16FN3O/c1-8-6-11(15)4-5-13(8)16-14(19)7-12-9(2)17-18-10(12)3/h4-6H,7H2,1-3H3,(H,16,19)(H,17,18). The SMILES string of the molecule is Cc1cc(F)ccc1NC(=O)Cc1c(C)n[nH]c1C. The van der Waals surface area contributed by atoms with E-state index in [1.165, 1.54) is 12.1 Å². The number of aromatic amines is 1. The maximum absolute atomic E-state index is 13.0. The Hall–Kier alpha value is -2.17. The molecule has 0 spiro atoms. The molecular formula is C14H16FN3O. The van der Waals surface area contributed by atoms with Crippen LogP contribution in [0.4, 0.5) is 10.1 Å². The lowest BCUT2D eigenvalue weighted by molar-refractivity contribution is -0.115. The average Bonchev–Trinajstić information content (AvgIpc) is 2.65. The zero-order valence-electron chi connectivity index (χ0n) is 11.2. The molecule has 5 heteroatoms. The summed E-state index contributed by atoms with van der Waals surface area (Å²) in [4.78, 5) is 12.0. The second-order valence-corrected chi connectivity index (χ2v) is 4.60. The van der Waals surface area contributed by atoms with Crippen molar-refractivity contribution in [3.05, 3.63) is 46.5 Å². The second kappa shape index (κ2) is 5.22. The molecule has 1 heterocycles. The van der Waals surface area contributed by atoms with E-state index in [2.05, 4.69) is 15.5 Å². The Balaban J connectivity index is 2.10. The van der Waals surface area contributed by atoms with Crippen LogP contribution >= 0.6 is 0 Å². The Labute approximate surface area is 111 Å². The highest BCUT2D eigenvalue weighted by Crippen LogP contribution is 2.17. The van der Waals surface area contributed by atoms with Gasteiger partial charge in [-0.3, -0.25) is 9.89 Å². The zero-order valence-corrected chi connectivity index (χ0v) is 11.2. The molecule has 2 N–H and O–H groups in total. The van der Waals surface area contributed by atoms with Crippen molar-refractivity contribution in [1.29, 1.82) is 0 Å². The Morgan fingerprint density at radius 3 is 2.68 bits per heavy atom. The van der Waals surface area contributed by atoms with Crippen LogP contribution < -0.4 is 5.32 Å². The van der Waals surface area contributed by atoms with E-state index in [1.54, 1.807) is 13.0 Å². The van der Waals surface area contributed by atoms with E-state index in [4.69, 9.17) is 0 Å². The summed E-state index contributed by atoms with van der Waals surface area (Å²) in [5.74, 6) is -0.445. The van der Waals surface area contributed by atoms with Gasteiger partial charge in [0.15, 0.2) is 0 Å². The minimum Gasteiger partial charge on any atom is -0.326 e. The lowest BCUT2D eigenvalue weighted by Gasteiger charge is -2.08. The number of H-pyrrole nitrogens is 1. The van der Waals surface area contributed by atoms with Gasteiger partial charge in [0.2, 0.25) is 5.91 Å². The summed E-state index contributed by atoms with van der Waals surface area (Å²) in [6.45, 7) is 5.49. The summed E-state index contributed by atoms with van der Waals surface area (Å²) in [6.07, 6.45) is 0.255. The van der Waals surface area contributed by atoms with Crippen molar-refractivity contribution in [2.45, 2.75) is 27.2 Å². The van der Waals surface area contributed by atoms with Gasteiger partial charge in [-0.05, 0) is 44.5 Å². The number of benzene rings is 1. The summed E-state index contributed by atoms with van der Waals surface area (Å²) in [7, 11) is 0. The van der Waals surface area contributed by atoms with E-state index in [1.807, 2.05) is 13.8 Å². The van der Waals surface area contributed by atoms with Crippen LogP contribution in [0, 0.1) is 26.6 Å². The number of aromatic nitrogens is 2. The number of hydrogen-bond acceptors (Lipinski definition) is 2. The average molecular weight is 261 g/mol. The maximum atomic E-state index is 13.0. The number of amides is 1. The Bertz CT molecular complexity index is 600. The van der Waals surface area contributed by atoms with Gasteiger partial charge in [0.1, 0.15) is 5.82 Å². The number of aryl methyl sites for hydroxylation is 3. The molecule has 0 atom stereocenters. The summed E-state index contributed by atoms with van der Waals surface area (Å²) >= 11 is 0. The number of nitrogens with zero attached hydrogens (tertiary/aromatic N) is 1. The number of rotatable bonds is 3. The zero-order chi connectivity index (χ0) is 14.0. The third-order valence-corrected chi connectivity index (χ3v) is 3.08. The fourth-order valence-corrected chi connectivity index (χ4v) is 1.96. The lowest BCUT2D eigenvalue weighted by atomic mass is 10.1. The molecule has 19 heavy (non-hydrogen) atoms. The molecule has 1 amide bonds. The molecule has 100 valence electrons. The van der Waals surface area contributed by atoms with Gasteiger partial charge < -0.3 is 5.32 Å². The highest BCUT2D eigenvalue weighted by Gasteiger charge is 2.12. The van der Waals surface area contributed by atoms with Gasteiger partial charge in [0, 0.05) is 16.9 Å². The first-order valence-electron chi connectivity index (χ1n) is 6.04. The van der Waals surface area contributed by atoms with E-state index in [0.29, 0.717) is 11.3 Å². The number of carbonyl (C=O) groups excluding carboxylic acids is 1. The van der Waals surface area contributed by atoms with Crippen molar-refractivity contribution in [2.24, 2.45) is 0 Å². The minimum absolute atomic E-state index is 0.137. The Morgan fingerprint density at radius 1 is 1.37 bits per heavy atom. The normalized spacial score (nSPS) is 10.5. The molecule has 0 aliphatic heterocycles. The summed E-state index contributed by atoms with van der Waals surface area (Å²) in [5.41, 5.74) is 3.95. The monoisotopic (exact) mass is 261 g/mol. The number of carbonyl (C=O) groups is 1. The predicted molar refractivity (Wildman–Crippen MR) is 71.5 cm³/mol. The molecule has 1 aromatic heterocycles. The van der Waals surface area contributed by atoms with Crippen LogP contribution in [0.2, 0.25) is 0 Å². The summed E-state index contributed by atoms with van der Waals surface area (Å²) < 4.78 is 13.0. The smallest absolute Gasteiger partial charge is 0.228 e. The van der Waals surface area contributed by atoms with Gasteiger partial charge in [0.25, 0.3) is 0 Å². The Kier molecular flexibility index (Phi) is 3.64. The predicted octanol–water partition coefficient (Wildman–Crippen LogP) is 2.66. The van der Waals surface area contributed by atoms with Crippen molar-refractivity contribution in [3.8, 4) is 0 Å². The van der Waals surface area contributed by atoms with Gasteiger partial charge in [-0.2, -0.15) is 5.10 Å². The van der Waals surface area contributed by atoms with Gasteiger partial charge in [-0.25, -0.2) is 4.39 Å². The van der Waals surface area contributed by atoms with Crippen LogP contribution in [0.1, 0.15) is 22.5 Å². The van der Waals surface area contributed by atoms with Crippen LogP contribution in [0.5, 0.6) is 0 Å². The molecule has 2 aromatic rings. The fraction of sp³-hybridized carbons (Fsp3) is 0.286. The number of hydrogen-bond donors (Lipinski definition) is 2. The second-order valence-electron chi connectivity index (χ2n) is 4.60. The van der Waals surface area contributed by atoms with E-state index < -0.39 is 0 Å². The molecule has 0 unspecified atom stereocenters. The molecule has 1 aromatic carbocycles. The molecule has 0 aliphatic rings. The third-order valence-electron chi connectivity index (χ3n) is 3.08. The topological polar surface area (TPSA) is 57.8 Å². The molecule has 0 bridgehead atoms. The van der Waals surface area contributed by atoms with Crippen LogP contribution in [0.3, 0.4) is 0 Å². The molecule has 0 saturated carbocycles. The van der Waals surface area contributed by atoms with E-state index in [9.17, 15) is 9.18 Å². The minimum atomic E-state index is -0.308. The van der Waals surface area contributed by atoms with E-state index in [0.717, 1.165) is 17.0 Å². The molecule has 2 rings (SSSR count). The summed E-state index contributed by atoms with van der Waals surface area (Å²) in [5, 5.41) is 9.68. The quantitative estimate of drug-likeness (QED) is 0.892. The van der Waals surface area contributed by atoms with Crippen LogP contribution in [0.25, 0.3) is 0 Å². The van der Waals surface area contributed by atoms with Gasteiger partial charge in [0.05, 0.1) is 12.1 Å². The van der Waals surface area contributed by atoms with Crippen molar-refractivity contribution in [2.75, 3.05) is 5.32 Å². The van der Waals surface area contributed by atoms with Crippen molar-refractivity contribution in [3.63, 3.8) is 0 Å². The van der Waals surface area contributed by atoms with Crippen LogP contribution in [-0.2, 0) is 11.2 Å². The van der Waals surface area contributed by atoms with E-state index >= 15 is 0 Å². The largest absolute Gasteiger partial charge is 0.326 e. The van der Waals surface area contributed by atoms with Gasteiger partial charge >= 0.3 is 0 Å². The number of nitrogens with one attached hydrogen (secondary N) is 2. The fourth-order valence-electron chi connectivity index (χ4n) is 1.96. The van der Waals surface area contributed by atoms with Crippen molar-refractivity contribution >= 4 is 11.6 Å². The van der Waals surface area contributed by atoms with Crippen LogP contribution in [-0.4, -0.2) is 16.1 Å². The first kappa shape index (κ1) is 13.3. The molecule has 0 fully saturated rings. The molecule has 4 nitrogen and oxygen atoms in total. The Morgan fingerprint density at radius 2 is 2.11 bits per heavy atom. The molecule has 0 saturated heterocycles. The third kappa shape index (κ3) is 2.99. The number of anilines is 1. The molecule has 0 aliphatic carbocycles. The first-order chi connectivity index (χ1) is 8.97. The first-order valence-corrected chi connectivity index (χ1v) is 6.04. The maximum Gasteiger partial charge on any atom is 0.228 e.